The van der Waals surface area contributed by atoms with E-state index in [1.54, 1.807) is 12.1 Å². The fourth-order valence-corrected chi connectivity index (χ4v) is 2.42. The van der Waals surface area contributed by atoms with Crippen molar-refractivity contribution in [1.82, 2.24) is 0 Å². The standard InChI is InChI=1S/C13H18FNO/c1-15(11-4-2-3-5-11)13-7-6-10(9-16)8-12(13)14/h6-8,11,16H,2-5,9H2,1H3. The van der Waals surface area contributed by atoms with Crippen molar-refractivity contribution in [2.45, 2.75) is 38.3 Å². The van der Waals surface area contributed by atoms with Crippen LogP contribution in [0.4, 0.5) is 10.1 Å². The fraction of sp³-hybridized carbons (Fsp3) is 0.538. The van der Waals surface area contributed by atoms with Crippen LogP contribution in [0.25, 0.3) is 0 Å². The van der Waals surface area contributed by atoms with E-state index in [0.29, 0.717) is 17.3 Å². The van der Waals surface area contributed by atoms with Crippen molar-refractivity contribution >= 4 is 5.69 Å². The van der Waals surface area contributed by atoms with Gasteiger partial charge in [-0.25, -0.2) is 4.39 Å². The van der Waals surface area contributed by atoms with E-state index in [1.165, 1.54) is 18.9 Å². The van der Waals surface area contributed by atoms with Crippen LogP contribution >= 0.6 is 0 Å². The highest BCUT2D eigenvalue weighted by Crippen LogP contribution is 2.28. The molecule has 1 aliphatic rings. The Kier molecular flexibility index (Phi) is 3.44. The molecule has 1 saturated carbocycles. The van der Waals surface area contributed by atoms with Gasteiger partial charge in [-0.05, 0) is 30.5 Å². The van der Waals surface area contributed by atoms with Crippen molar-refractivity contribution in [3.8, 4) is 0 Å². The summed E-state index contributed by atoms with van der Waals surface area (Å²) in [6, 6.07) is 5.43. The normalized spacial score (nSPS) is 16.7. The molecule has 0 heterocycles. The first-order valence-electron chi connectivity index (χ1n) is 5.84. The van der Waals surface area contributed by atoms with Gasteiger partial charge >= 0.3 is 0 Å². The molecule has 88 valence electrons. The predicted molar refractivity (Wildman–Crippen MR) is 63.0 cm³/mol. The third-order valence-electron chi connectivity index (χ3n) is 3.45. The van der Waals surface area contributed by atoms with Crippen LogP contribution in [0.15, 0.2) is 18.2 Å². The second kappa shape index (κ2) is 4.83. The Labute approximate surface area is 95.7 Å². The van der Waals surface area contributed by atoms with Crippen LogP contribution in [-0.4, -0.2) is 18.2 Å². The first-order chi connectivity index (χ1) is 7.72. The Balaban J connectivity index is 2.19. The monoisotopic (exact) mass is 223 g/mol. The topological polar surface area (TPSA) is 23.5 Å². The second-order valence-corrected chi connectivity index (χ2v) is 4.49. The molecule has 1 aliphatic carbocycles. The summed E-state index contributed by atoms with van der Waals surface area (Å²) in [6.07, 6.45) is 4.78. The summed E-state index contributed by atoms with van der Waals surface area (Å²) in [5.41, 5.74) is 1.27. The maximum atomic E-state index is 13.8. The van der Waals surface area contributed by atoms with Crippen molar-refractivity contribution in [1.29, 1.82) is 0 Å². The summed E-state index contributed by atoms with van der Waals surface area (Å²) in [7, 11) is 1.95. The molecule has 1 N–H and O–H groups in total. The van der Waals surface area contributed by atoms with E-state index in [0.717, 1.165) is 12.8 Å². The summed E-state index contributed by atoms with van der Waals surface area (Å²) in [5, 5.41) is 8.92. The molecule has 0 radical (unpaired) electrons. The minimum absolute atomic E-state index is 0.107. The molecule has 2 nitrogen and oxygen atoms in total. The SMILES string of the molecule is CN(c1ccc(CO)cc1F)C1CCCC1. The van der Waals surface area contributed by atoms with E-state index < -0.39 is 0 Å². The van der Waals surface area contributed by atoms with E-state index in [9.17, 15) is 4.39 Å². The summed E-state index contributed by atoms with van der Waals surface area (Å²) in [5.74, 6) is -0.235. The van der Waals surface area contributed by atoms with Crippen LogP contribution in [0, 0.1) is 5.82 Å². The van der Waals surface area contributed by atoms with E-state index in [4.69, 9.17) is 5.11 Å². The number of aliphatic hydroxyl groups is 1. The molecule has 0 aromatic heterocycles. The van der Waals surface area contributed by atoms with Gasteiger partial charge < -0.3 is 10.0 Å². The van der Waals surface area contributed by atoms with Crippen LogP contribution in [-0.2, 0) is 6.61 Å². The van der Waals surface area contributed by atoms with Gasteiger partial charge in [-0.2, -0.15) is 0 Å². The minimum atomic E-state index is -0.235. The van der Waals surface area contributed by atoms with Gasteiger partial charge in [0, 0.05) is 13.1 Å². The Morgan fingerprint density at radius 2 is 2.06 bits per heavy atom. The molecule has 16 heavy (non-hydrogen) atoms. The molecular weight excluding hydrogens is 205 g/mol. The largest absolute Gasteiger partial charge is 0.392 e. The van der Waals surface area contributed by atoms with Crippen LogP contribution in [0.1, 0.15) is 31.2 Å². The average molecular weight is 223 g/mol. The zero-order valence-corrected chi connectivity index (χ0v) is 9.62. The molecule has 1 aromatic rings. The molecule has 0 atom stereocenters. The number of benzene rings is 1. The number of aliphatic hydroxyl groups excluding tert-OH is 1. The van der Waals surface area contributed by atoms with Gasteiger partial charge in [0.1, 0.15) is 5.82 Å². The van der Waals surface area contributed by atoms with Crippen LogP contribution in [0.3, 0.4) is 0 Å². The Bertz CT molecular complexity index is 361. The number of hydrogen-bond acceptors (Lipinski definition) is 2. The zero-order chi connectivity index (χ0) is 11.5. The molecule has 0 amide bonds. The molecular formula is C13H18FNO. The van der Waals surface area contributed by atoms with Crippen molar-refractivity contribution in [2.75, 3.05) is 11.9 Å². The minimum Gasteiger partial charge on any atom is -0.392 e. The fourth-order valence-electron chi connectivity index (χ4n) is 2.42. The van der Waals surface area contributed by atoms with E-state index in [2.05, 4.69) is 0 Å². The molecule has 2 rings (SSSR count). The third kappa shape index (κ3) is 2.19. The first kappa shape index (κ1) is 11.4. The van der Waals surface area contributed by atoms with Crippen LogP contribution in [0.2, 0.25) is 0 Å². The summed E-state index contributed by atoms with van der Waals surface area (Å²) >= 11 is 0. The predicted octanol–water partition coefficient (Wildman–Crippen LogP) is 2.70. The smallest absolute Gasteiger partial charge is 0.146 e. The van der Waals surface area contributed by atoms with E-state index >= 15 is 0 Å². The summed E-state index contributed by atoms with van der Waals surface area (Å²) in [4.78, 5) is 2.03. The average Bonchev–Trinajstić information content (AvgIpc) is 2.81. The van der Waals surface area contributed by atoms with Crippen LogP contribution < -0.4 is 4.90 Å². The number of rotatable bonds is 3. The number of hydrogen-bond donors (Lipinski definition) is 1. The Hall–Kier alpha value is -1.09. The molecule has 1 aromatic carbocycles. The van der Waals surface area contributed by atoms with Crippen molar-refractivity contribution in [3.05, 3.63) is 29.6 Å². The summed E-state index contributed by atoms with van der Waals surface area (Å²) in [6.45, 7) is -0.107. The molecule has 0 aliphatic heterocycles. The van der Waals surface area contributed by atoms with Gasteiger partial charge in [0.25, 0.3) is 0 Å². The molecule has 0 unspecified atom stereocenters. The molecule has 0 spiro atoms. The maximum absolute atomic E-state index is 13.8. The second-order valence-electron chi connectivity index (χ2n) is 4.49. The van der Waals surface area contributed by atoms with Crippen molar-refractivity contribution in [3.63, 3.8) is 0 Å². The summed E-state index contributed by atoms with van der Waals surface area (Å²) < 4.78 is 13.8. The quantitative estimate of drug-likeness (QED) is 0.851. The zero-order valence-electron chi connectivity index (χ0n) is 9.62. The highest BCUT2D eigenvalue weighted by atomic mass is 19.1. The van der Waals surface area contributed by atoms with Gasteiger partial charge in [-0.1, -0.05) is 18.9 Å². The number of nitrogens with zero attached hydrogens (tertiary/aromatic N) is 1. The molecule has 0 saturated heterocycles. The lowest BCUT2D eigenvalue weighted by Gasteiger charge is -2.27. The van der Waals surface area contributed by atoms with Gasteiger partial charge in [0.15, 0.2) is 0 Å². The van der Waals surface area contributed by atoms with E-state index in [-0.39, 0.29) is 12.4 Å². The lowest BCUT2D eigenvalue weighted by Crippen LogP contribution is -2.29. The highest BCUT2D eigenvalue weighted by molar-refractivity contribution is 5.49. The number of anilines is 1. The van der Waals surface area contributed by atoms with Gasteiger partial charge in [-0.15, -0.1) is 0 Å². The van der Waals surface area contributed by atoms with E-state index in [1.807, 2.05) is 11.9 Å². The Morgan fingerprint density at radius 1 is 1.38 bits per heavy atom. The van der Waals surface area contributed by atoms with Crippen molar-refractivity contribution < 1.29 is 9.50 Å². The Morgan fingerprint density at radius 3 is 2.62 bits per heavy atom. The molecule has 1 fully saturated rings. The number of halogens is 1. The van der Waals surface area contributed by atoms with Gasteiger partial charge in [-0.3, -0.25) is 0 Å². The van der Waals surface area contributed by atoms with Gasteiger partial charge in [0.05, 0.1) is 12.3 Å². The third-order valence-corrected chi connectivity index (χ3v) is 3.45. The molecule has 3 heteroatoms. The van der Waals surface area contributed by atoms with Crippen molar-refractivity contribution in [2.24, 2.45) is 0 Å². The highest BCUT2D eigenvalue weighted by Gasteiger charge is 2.21. The van der Waals surface area contributed by atoms with Crippen LogP contribution in [0.5, 0.6) is 0 Å². The molecule has 0 bridgehead atoms. The van der Waals surface area contributed by atoms with Gasteiger partial charge in [0.2, 0.25) is 0 Å². The lowest BCUT2D eigenvalue weighted by molar-refractivity contribution is 0.281. The maximum Gasteiger partial charge on any atom is 0.146 e. The lowest BCUT2D eigenvalue weighted by atomic mass is 10.1. The first-order valence-corrected chi connectivity index (χ1v) is 5.84.